The fraction of sp³-hybridized carbons (Fsp3) is 0.588. The van der Waals surface area contributed by atoms with E-state index in [0.29, 0.717) is 0 Å². The highest BCUT2D eigenvalue weighted by molar-refractivity contribution is 5.87. The van der Waals surface area contributed by atoms with Crippen molar-refractivity contribution in [3.05, 3.63) is 33.9 Å². The van der Waals surface area contributed by atoms with Crippen LogP contribution in [0, 0.1) is 23.0 Å². The van der Waals surface area contributed by atoms with Crippen molar-refractivity contribution in [3.8, 4) is 0 Å². The molecule has 2 rings (SSSR count). The number of benzene rings is 1. The number of non-ortho nitro benzene ring substituents is 1. The molecule has 0 saturated carbocycles. The maximum absolute atomic E-state index is 10.9. The number of aryl methyl sites for hydroxylation is 1. The minimum atomic E-state index is -0.380. The topological polar surface area (TPSA) is 68.0 Å². The van der Waals surface area contributed by atoms with Crippen LogP contribution in [0.4, 0.5) is 11.4 Å². The second kappa shape index (κ2) is 7.08. The Hall–Kier alpha value is -1.95. The predicted octanol–water partition coefficient (Wildman–Crippen LogP) is 3.70. The van der Waals surface area contributed by atoms with Gasteiger partial charge in [-0.2, -0.15) is 0 Å². The molecular weight excluding hydrogens is 294 g/mol. The lowest BCUT2D eigenvalue weighted by atomic mass is 10.1. The number of aliphatic imine (C=N–C) groups is 1. The summed E-state index contributed by atoms with van der Waals surface area (Å²) in [5, 5.41) is 10.9. The molecule has 1 heterocycles. The van der Waals surface area contributed by atoms with Gasteiger partial charge in [0.15, 0.2) is 0 Å². The first kappa shape index (κ1) is 17.4. The van der Waals surface area contributed by atoms with Gasteiger partial charge in [-0.25, -0.2) is 4.99 Å². The minimum absolute atomic E-state index is 0.0983. The second-order valence-electron chi connectivity index (χ2n) is 6.51. The fourth-order valence-corrected chi connectivity index (χ4v) is 2.93. The molecule has 0 spiro atoms. The molecule has 1 aromatic rings. The van der Waals surface area contributed by atoms with E-state index in [1.165, 1.54) is 6.07 Å². The Bertz CT molecular complexity index is 603. The van der Waals surface area contributed by atoms with Gasteiger partial charge in [0.25, 0.3) is 5.69 Å². The molecular formula is C17H25N3O3. The summed E-state index contributed by atoms with van der Waals surface area (Å²) in [6, 6.07) is 4.80. The van der Waals surface area contributed by atoms with Gasteiger partial charge in [-0.15, -0.1) is 0 Å². The van der Waals surface area contributed by atoms with E-state index in [2.05, 4.69) is 32.6 Å². The van der Waals surface area contributed by atoms with Gasteiger partial charge in [0, 0.05) is 31.1 Å². The monoisotopic (exact) mass is 319 g/mol. The molecule has 0 amide bonds. The van der Waals surface area contributed by atoms with Crippen LogP contribution in [0.1, 0.15) is 33.3 Å². The molecule has 1 fully saturated rings. The van der Waals surface area contributed by atoms with E-state index < -0.39 is 0 Å². The van der Waals surface area contributed by atoms with Crippen molar-refractivity contribution < 1.29 is 9.66 Å². The molecule has 6 nitrogen and oxygen atoms in total. The van der Waals surface area contributed by atoms with Crippen molar-refractivity contribution in [2.45, 2.75) is 46.8 Å². The van der Waals surface area contributed by atoms with E-state index in [4.69, 9.17) is 9.73 Å². The summed E-state index contributed by atoms with van der Waals surface area (Å²) in [7, 11) is 0. The Morgan fingerprint density at radius 3 is 2.43 bits per heavy atom. The fourth-order valence-electron chi connectivity index (χ4n) is 2.93. The zero-order valence-corrected chi connectivity index (χ0v) is 14.4. The molecule has 0 aromatic heterocycles. The van der Waals surface area contributed by atoms with Crippen LogP contribution < -0.4 is 0 Å². The largest absolute Gasteiger partial charge is 0.372 e. The molecule has 0 bridgehead atoms. The number of hydrogen-bond donors (Lipinski definition) is 0. The van der Waals surface area contributed by atoms with Gasteiger partial charge in [-0.1, -0.05) is 13.8 Å². The van der Waals surface area contributed by atoms with Gasteiger partial charge >= 0.3 is 0 Å². The average Bonchev–Trinajstić information content (AvgIpc) is 2.44. The zero-order valence-electron chi connectivity index (χ0n) is 14.4. The summed E-state index contributed by atoms with van der Waals surface area (Å²) in [4.78, 5) is 17.6. The van der Waals surface area contributed by atoms with Crippen LogP contribution in [0.15, 0.2) is 23.2 Å². The summed E-state index contributed by atoms with van der Waals surface area (Å²) in [5.41, 5.74) is 1.69. The number of nitro groups is 1. The molecule has 23 heavy (non-hydrogen) atoms. The highest BCUT2D eigenvalue weighted by atomic mass is 16.6. The summed E-state index contributed by atoms with van der Waals surface area (Å²) >= 11 is 0. The third kappa shape index (κ3) is 4.28. The lowest BCUT2D eigenvalue weighted by Crippen LogP contribution is -2.49. The molecule has 1 aromatic carbocycles. The van der Waals surface area contributed by atoms with E-state index in [9.17, 15) is 10.1 Å². The van der Waals surface area contributed by atoms with Crippen molar-refractivity contribution in [3.63, 3.8) is 0 Å². The van der Waals surface area contributed by atoms with Crippen molar-refractivity contribution >= 4 is 17.2 Å². The highest BCUT2D eigenvalue weighted by Crippen LogP contribution is 2.26. The van der Waals surface area contributed by atoms with Crippen molar-refractivity contribution in [1.82, 2.24) is 4.90 Å². The Morgan fingerprint density at radius 2 is 1.96 bits per heavy atom. The molecule has 6 heteroatoms. The van der Waals surface area contributed by atoms with Crippen LogP contribution in [0.3, 0.4) is 0 Å². The third-order valence-electron chi connectivity index (χ3n) is 3.89. The standard InChI is InChI=1S/C17H25N3O3/c1-11(2)17(19-9-13(4)23-14(5)10-19)18-16-7-6-15(20(21)22)8-12(16)3/h6-8,11,13-14H,9-10H2,1-5H3. The van der Waals surface area contributed by atoms with Gasteiger partial charge in [-0.3, -0.25) is 10.1 Å². The maximum atomic E-state index is 10.9. The molecule has 0 radical (unpaired) electrons. The number of amidine groups is 1. The summed E-state index contributed by atoms with van der Waals surface area (Å²) in [6.07, 6.45) is 0.335. The van der Waals surface area contributed by atoms with Crippen LogP contribution in [-0.2, 0) is 4.74 Å². The smallest absolute Gasteiger partial charge is 0.269 e. The number of nitro benzene ring substituents is 1. The van der Waals surface area contributed by atoms with Crippen LogP contribution in [0.2, 0.25) is 0 Å². The van der Waals surface area contributed by atoms with Crippen LogP contribution in [0.25, 0.3) is 0 Å². The van der Waals surface area contributed by atoms with E-state index >= 15 is 0 Å². The predicted molar refractivity (Wildman–Crippen MR) is 91.3 cm³/mol. The van der Waals surface area contributed by atoms with E-state index in [-0.39, 0.29) is 28.7 Å². The molecule has 1 saturated heterocycles. The average molecular weight is 319 g/mol. The first-order chi connectivity index (χ1) is 10.8. The Labute approximate surface area is 137 Å². The maximum Gasteiger partial charge on any atom is 0.269 e. The van der Waals surface area contributed by atoms with Crippen molar-refractivity contribution in [2.75, 3.05) is 13.1 Å². The van der Waals surface area contributed by atoms with Crippen molar-refractivity contribution in [1.29, 1.82) is 0 Å². The number of hydrogen-bond acceptors (Lipinski definition) is 4. The van der Waals surface area contributed by atoms with Crippen LogP contribution in [-0.4, -0.2) is 41.0 Å². The van der Waals surface area contributed by atoms with Gasteiger partial charge in [0.1, 0.15) is 5.84 Å². The van der Waals surface area contributed by atoms with Gasteiger partial charge in [-0.05, 0) is 32.4 Å². The second-order valence-corrected chi connectivity index (χ2v) is 6.51. The van der Waals surface area contributed by atoms with Crippen LogP contribution >= 0.6 is 0 Å². The van der Waals surface area contributed by atoms with E-state index in [0.717, 1.165) is 30.2 Å². The van der Waals surface area contributed by atoms with E-state index in [1.807, 2.05) is 6.92 Å². The number of rotatable bonds is 3. The first-order valence-corrected chi connectivity index (χ1v) is 8.02. The number of ether oxygens (including phenoxy) is 1. The Kier molecular flexibility index (Phi) is 5.36. The van der Waals surface area contributed by atoms with Gasteiger partial charge < -0.3 is 9.64 Å². The van der Waals surface area contributed by atoms with Gasteiger partial charge in [0.05, 0.1) is 22.8 Å². The van der Waals surface area contributed by atoms with Crippen molar-refractivity contribution in [2.24, 2.45) is 10.9 Å². The number of morpholine rings is 1. The molecule has 2 atom stereocenters. The molecule has 2 unspecified atom stereocenters. The molecule has 1 aliphatic rings. The molecule has 126 valence electrons. The number of nitrogens with zero attached hydrogens (tertiary/aromatic N) is 3. The molecule has 0 N–H and O–H groups in total. The molecule has 0 aliphatic carbocycles. The SMILES string of the molecule is Cc1cc([N+](=O)[O-])ccc1N=C(C(C)C)N1CC(C)OC(C)C1. The Balaban J connectivity index is 2.34. The minimum Gasteiger partial charge on any atom is -0.372 e. The normalized spacial score (nSPS) is 22.5. The van der Waals surface area contributed by atoms with Gasteiger partial charge in [0.2, 0.25) is 0 Å². The Morgan fingerprint density at radius 1 is 1.35 bits per heavy atom. The first-order valence-electron chi connectivity index (χ1n) is 8.02. The lowest BCUT2D eigenvalue weighted by molar-refractivity contribution is -0.384. The summed E-state index contributed by atoms with van der Waals surface area (Å²) < 4.78 is 5.79. The quantitative estimate of drug-likeness (QED) is 0.369. The van der Waals surface area contributed by atoms with E-state index in [1.54, 1.807) is 12.1 Å². The third-order valence-corrected chi connectivity index (χ3v) is 3.89. The van der Waals surface area contributed by atoms with Crippen LogP contribution in [0.5, 0.6) is 0 Å². The lowest BCUT2D eigenvalue weighted by Gasteiger charge is -2.38. The highest BCUT2D eigenvalue weighted by Gasteiger charge is 2.26. The summed E-state index contributed by atoms with van der Waals surface area (Å²) in [5.74, 6) is 1.27. The summed E-state index contributed by atoms with van der Waals surface area (Å²) in [6.45, 7) is 11.8. The molecule has 1 aliphatic heterocycles. The zero-order chi connectivity index (χ0) is 17.1.